The second kappa shape index (κ2) is 4.38. The zero-order valence-corrected chi connectivity index (χ0v) is 11.9. The molecule has 0 radical (unpaired) electrons. The number of halogens is 1. The zero-order chi connectivity index (χ0) is 11.9. The number of thiophene rings is 1. The highest BCUT2D eigenvalue weighted by Gasteiger charge is 2.32. The molecule has 1 N–H and O–H groups in total. The summed E-state index contributed by atoms with van der Waals surface area (Å²) in [6.07, 6.45) is -0.00984. The lowest BCUT2D eigenvalue weighted by atomic mass is 10.3. The third-order valence-electron chi connectivity index (χ3n) is 2.55. The Kier molecular flexibility index (Phi) is 3.42. The average molecular weight is 326 g/mol. The van der Waals surface area contributed by atoms with Crippen LogP contribution in [-0.4, -0.2) is 37.0 Å². The van der Waals surface area contributed by atoms with Crippen molar-refractivity contribution in [3.8, 4) is 0 Å². The van der Waals surface area contributed by atoms with Crippen LogP contribution >= 0.6 is 27.3 Å². The number of nitrogens with zero attached hydrogens (tertiary/aromatic N) is 1. The fraction of sp³-hybridized carbons (Fsp3) is 0.556. The van der Waals surface area contributed by atoms with E-state index in [-0.39, 0.29) is 6.54 Å². The average Bonchev–Trinajstić information content (AvgIpc) is 2.75. The Morgan fingerprint density at radius 3 is 2.75 bits per heavy atom. The lowest BCUT2D eigenvalue weighted by Gasteiger charge is -2.13. The Morgan fingerprint density at radius 2 is 2.31 bits per heavy atom. The van der Waals surface area contributed by atoms with Gasteiger partial charge in [0.15, 0.2) is 0 Å². The number of aryl methyl sites for hydroxylation is 1. The molecule has 1 aliphatic rings. The van der Waals surface area contributed by atoms with Gasteiger partial charge in [-0.05, 0) is 40.9 Å². The number of β-amino-alcohol motifs (C(OH)–C–C–N with tert-alkyl or cyclic N) is 1. The first-order chi connectivity index (χ1) is 7.41. The Hall–Kier alpha value is 0.0500. The molecule has 7 heteroatoms. The molecule has 16 heavy (non-hydrogen) atoms. The van der Waals surface area contributed by atoms with Crippen molar-refractivity contribution in [3.63, 3.8) is 0 Å². The smallest absolute Gasteiger partial charge is 0.252 e. The second-order valence-electron chi connectivity index (χ2n) is 3.83. The van der Waals surface area contributed by atoms with E-state index >= 15 is 0 Å². The van der Waals surface area contributed by atoms with Crippen molar-refractivity contribution in [3.05, 3.63) is 15.4 Å². The summed E-state index contributed by atoms with van der Waals surface area (Å²) in [5.41, 5.74) is 0.920. The van der Waals surface area contributed by atoms with Gasteiger partial charge in [0.05, 0.1) is 9.89 Å². The van der Waals surface area contributed by atoms with Crippen molar-refractivity contribution >= 4 is 37.3 Å². The summed E-state index contributed by atoms with van der Waals surface area (Å²) in [6.45, 7) is 2.47. The molecular weight excluding hydrogens is 314 g/mol. The molecule has 1 unspecified atom stereocenters. The molecule has 0 bridgehead atoms. The van der Waals surface area contributed by atoms with Gasteiger partial charge in [-0.3, -0.25) is 0 Å². The van der Waals surface area contributed by atoms with E-state index in [1.807, 2.05) is 6.92 Å². The Labute approximate surface area is 107 Å². The van der Waals surface area contributed by atoms with Gasteiger partial charge < -0.3 is 5.11 Å². The summed E-state index contributed by atoms with van der Waals surface area (Å²) in [5.74, 6) is 0. The first-order valence-electron chi connectivity index (χ1n) is 4.85. The van der Waals surface area contributed by atoms with Gasteiger partial charge in [0, 0.05) is 13.1 Å². The highest BCUT2D eigenvalue weighted by atomic mass is 79.9. The quantitative estimate of drug-likeness (QED) is 0.898. The van der Waals surface area contributed by atoms with Gasteiger partial charge in [-0.15, -0.1) is 11.3 Å². The number of hydrogen-bond donors (Lipinski definition) is 1. The molecule has 2 heterocycles. The SMILES string of the molecule is Cc1cc(S(=O)(=O)N2CCC(O)C2)sc1Br. The van der Waals surface area contributed by atoms with Gasteiger partial charge in [-0.2, -0.15) is 4.31 Å². The molecule has 0 aromatic carbocycles. The maximum Gasteiger partial charge on any atom is 0.252 e. The fourth-order valence-electron chi connectivity index (χ4n) is 1.62. The summed E-state index contributed by atoms with van der Waals surface area (Å²) in [6, 6.07) is 1.66. The monoisotopic (exact) mass is 325 g/mol. The molecule has 0 amide bonds. The van der Waals surface area contributed by atoms with Crippen LogP contribution in [0.25, 0.3) is 0 Å². The molecule has 0 saturated carbocycles. The second-order valence-corrected chi connectivity index (χ2v) is 8.36. The van der Waals surface area contributed by atoms with Crippen molar-refractivity contribution in [2.75, 3.05) is 13.1 Å². The third kappa shape index (κ3) is 2.19. The summed E-state index contributed by atoms with van der Waals surface area (Å²) in [5, 5.41) is 9.36. The molecule has 2 rings (SSSR count). The van der Waals surface area contributed by atoms with Crippen LogP contribution in [-0.2, 0) is 10.0 Å². The maximum absolute atomic E-state index is 12.1. The number of aliphatic hydroxyl groups is 1. The van der Waals surface area contributed by atoms with Crippen LogP contribution in [0.2, 0.25) is 0 Å². The molecule has 0 spiro atoms. The maximum atomic E-state index is 12.1. The summed E-state index contributed by atoms with van der Waals surface area (Å²) in [7, 11) is -3.41. The first-order valence-corrected chi connectivity index (χ1v) is 7.90. The van der Waals surface area contributed by atoms with Crippen LogP contribution in [0.5, 0.6) is 0 Å². The predicted molar refractivity (Wildman–Crippen MR) is 66.1 cm³/mol. The molecule has 0 aliphatic carbocycles. The largest absolute Gasteiger partial charge is 0.392 e. The minimum atomic E-state index is -3.41. The number of aliphatic hydroxyl groups excluding tert-OH is 1. The topological polar surface area (TPSA) is 57.6 Å². The van der Waals surface area contributed by atoms with Crippen LogP contribution in [0.3, 0.4) is 0 Å². The molecule has 1 atom stereocenters. The molecule has 1 aromatic rings. The van der Waals surface area contributed by atoms with E-state index < -0.39 is 16.1 Å². The molecule has 1 saturated heterocycles. The number of sulfonamides is 1. The Morgan fingerprint density at radius 1 is 1.62 bits per heavy atom. The predicted octanol–water partition coefficient (Wildman–Crippen LogP) is 1.57. The molecular formula is C9H12BrNO3S2. The number of rotatable bonds is 2. The Balaban J connectivity index is 2.32. The van der Waals surface area contributed by atoms with E-state index in [9.17, 15) is 13.5 Å². The van der Waals surface area contributed by atoms with Crippen LogP contribution in [0.4, 0.5) is 0 Å². The minimum Gasteiger partial charge on any atom is -0.392 e. The highest BCUT2D eigenvalue weighted by Crippen LogP contribution is 2.33. The lowest BCUT2D eigenvalue weighted by molar-refractivity contribution is 0.189. The van der Waals surface area contributed by atoms with Crippen molar-refractivity contribution in [2.24, 2.45) is 0 Å². The summed E-state index contributed by atoms with van der Waals surface area (Å²) < 4.78 is 26.8. The normalized spacial score (nSPS) is 22.8. The molecule has 1 aromatic heterocycles. The van der Waals surface area contributed by atoms with Gasteiger partial charge >= 0.3 is 0 Å². The fourth-order valence-corrected chi connectivity index (χ4v) is 5.49. The van der Waals surface area contributed by atoms with Crippen LogP contribution in [0, 0.1) is 6.92 Å². The Bertz CT molecular complexity index is 477. The van der Waals surface area contributed by atoms with Gasteiger partial charge in [0.2, 0.25) is 0 Å². The first kappa shape index (κ1) is 12.5. The van der Waals surface area contributed by atoms with Crippen LogP contribution in [0.1, 0.15) is 12.0 Å². The summed E-state index contributed by atoms with van der Waals surface area (Å²) >= 11 is 4.53. The molecule has 1 aliphatic heterocycles. The summed E-state index contributed by atoms with van der Waals surface area (Å²) in [4.78, 5) is 0. The van der Waals surface area contributed by atoms with Gasteiger partial charge in [-0.25, -0.2) is 8.42 Å². The molecule has 90 valence electrons. The van der Waals surface area contributed by atoms with E-state index in [2.05, 4.69) is 15.9 Å². The van der Waals surface area contributed by atoms with Crippen molar-refractivity contribution in [1.29, 1.82) is 0 Å². The van der Waals surface area contributed by atoms with Crippen LogP contribution < -0.4 is 0 Å². The van der Waals surface area contributed by atoms with E-state index in [4.69, 9.17) is 0 Å². The van der Waals surface area contributed by atoms with E-state index in [0.29, 0.717) is 17.2 Å². The van der Waals surface area contributed by atoms with Crippen molar-refractivity contribution in [1.82, 2.24) is 4.31 Å². The molecule has 4 nitrogen and oxygen atoms in total. The minimum absolute atomic E-state index is 0.205. The standard InChI is InChI=1S/C9H12BrNO3S2/c1-6-4-8(15-9(6)10)16(13,14)11-3-2-7(12)5-11/h4,7,12H,2-3,5H2,1H3. The zero-order valence-electron chi connectivity index (χ0n) is 8.68. The number of hydrogen-bond acceptors (Lipinski definition) is 4. The van der Waals surface area contributed by atoms with Gasteiger partial charge in [0.1, 0.15) is 4.21 Å². The highest BCUT2D eigenvalue weighted by molar-refractivity contribution is 9.11. The van der Waals surface area contributed by atoms with Gasteiger partial charge in [-0.1, -0.05) is 0 Å². The lowest BCUT2D eigenvalue weighted by Crippen LogP contribution is -2.29. The van der Waals surface area contributed by atoms with Crippen LogP contribution in [0.15, 0.2) is 14.1 Å². The van der Waals surface area contributed by atoms with E-state index in [0.717, 1.165) is 9.35 Å². The van der Waals surface area contributed by atoms with Crippen molar-refractivity contribution in [2.45, 2.75) is 23.7 Å². The molecule has 1 fully saturated rings. The third-order valence-corrected chi connectivity index (χ3v) is 7.01. The van der Waals surface area contributed by atoms with Crippen molar-refractivity contribution < 1.29 is 13.5 Å². The van der Waals surface area contributed by atoms with Gasteiger partial charge in [0.25, 0.3) is 10.0 Å². The van der Waals surface area contributed by atoms with E-state index in [1.54, 1.807) is 6.07 Å². The van der Waals surface area contributed by atoms with E-state index in [1.165, 1.54) is 15.6 Å².